The number of aromatic nitrogens is 2. The summed E-state index contributed by atoms with van der Waals surface area (Å²) in [7, 11) is 0. The van der Waals surface area contributed by atoms with E-state index in [1.165, 1.54) is 32.1 Å². The highest BCUT2D eigenvalue weighted by Crippen LogP contribution is 2.30. The van der Waals surface area contributed by atoms with E-state index in [9.17, 15) is 0 Å². The highest BCUT2D eigenvalue weighted by atomic mass is 32.1. The van der Waals surface area contributed by atoms with Gasteiger partial charge in [-0.1, -0.05) is 38.4 Å². The lowest BCUT2D eigenvalue weighted by Crippen LogP contribution is -2.18. The van der Waals surface area contributed by atoms with Gasteiger partial charge in [-0.05, 0) is 37.7 Å². The second-order valence-electron chi connectivity index (χ2n) is 5.94. The van der Waals surface area contributed by atoms with Crippen molar-refractivity contribution in [3.8, 4) is 0 Å². The summed E-state index contributed by atoms with van der Waals surface area (Å²) >= 11 is 4.97. The van der Waals surface area contributed by atoms with E-state index >= 15 is 0 Å². The van der Waals surface area contributed by atoms with Crippen molar-refractivity contribution in [2.75, 3.05) is 11.9 Å². The number of thiocarbonyl (C=S) groups is 1. The van der Waals surface area contributed by atoms with Gasteiger partial charge in [0.25, 0.3) is 0 Å². The maximum absolute atomic E-state index is 5.63. The van der Waals surface area contributed by atoms with Crippen molar-refractivity contribution >= 4 is 23.2 Å². The molecule has 20 heavy (non-hydrogen) atoms. The van der Waals surface area contributed by atoms with Gasteiger partial charge in [-0.2, -0.15) is 0 Å². The molecule has 1 aromatic rings. The minimum atomic E-state index is 0.319. The van der Waals surface area contributed by atoms with Crippen molar-refractivity contribution in [1.82, 2.24) is 9.97 Å². The van der Waals surface area contributed by atoms with Gasteiger partial charge in [0.15, 0.2) is 0 Å². The minimum Gasteiger partial charge on any atom is -0.388 e. The average molecular weight is 292 g/mol. The molecule has 0 amide bonds. The number of nitrogens with zero attached hydrogens (tertiary/aromatic N) is 2. The van der Waals surface area contributed by atoms with Gasteiger partial charge in [-0.3, -0.25) is 0 Å². The Morgan fingerprint density at radius 2 is 2.25 bits per heavy atom. The summed E-state index contributed by atoms with van der Waals surface area (Å²) in [5.41, 5.74) is 7.15. The van der Waals surface area contributed by atoms with Crippen LogP contribution < -0.4 is 11.1 Å². The Morgan fingerprint density at radius 3 is 2.95 bits per heavy atom. The molecule has 3 N–H and O–H groups in total. The van der Waals surface area contributed by atoms with Crippen molar-refractivity contribution in [2.24, 2.45) is 17.6 Å². The molecule has 4 nitrogen and oxygen atoms in total. The molecule has 0 aromatic carbocycles. The number of rotatable bonds is 5. The lowest BCUT2D eigenvalue weighted by Gasteiger charge is -2.26. The zero-order valence-corrected chi connectivity index (χ0v) is 13.2. The SMILES string of the molecule is Cc1cc(C(N)=S)nc(NCCC2CCCC(C)C2)n1. The fourth-order valence-electron chi connectivity index (χ4n) is 2.98. The first-order valence-electron chi connectivity index (χ1n) is 7.44. The molecule has 2 unspecified atom stereocenters. The molecule has 0 bridgehead atoms. The van der Waals surface area contributed by atoms with Crippen LogP contribution in [0.2, 0.25) is 0 Å². The maximum atomic E-state index is 5.63. The van der Waals surface area contributed by atoms with Gasteiger partial charge in [-0.15, -0.1) is 0 Å². The van der Waals surface area contributed by atoms with E-state index in [1.807, 2.05) is 13.0 Å². The standard InChI is InChI=1S/C15H24N4S/c1-10-4-3-5-12(8-10)6-7-17-15-18-11(2)9-13(19-15)14(16)20/h9-10,12H,3-8H2,1-2H3,(H2,16,20)(H,17,18,19). The van der Waals surface area contributed by atoms with Crippen LogP contribution >= 0.6 is 12.2 Å². The van der Waals surface area contributed by atoms with Gasteiger partial charge in [0.2, 0.25) is 5.95 Å². The van der Waals surface area contributed by atoms with Crippen molar-refractivity contribution in [3.05, 3.63) is 17.5 Å². The Hall–Kier alpha value is -1.23. The van der Waals surface area contributed by atoms with Crippen molar-refractivity contribution < 1.29 is 0 Å². The lowest BCUT2D eigenvalue weighted by molar-refractivity contribution is 0.274. The molecule has 110 valence electrons. The van der Waals surface area contributed by atoms with E-state index in [1.54, 1.807) is 0 Å². The van der Waals surface area contributed by atoms with E-state index in [2.05, 4.69) is 22.2 Å². The number of anilines is 1. The number of nitrogens with one attached hydrogen (secondary N) is 1. The molecule has 2 rings (SSSR count). The van der Waals surface area contributed by atoms with Gasteiger partial charge in [0, 0.05) is 12.2 Å². The topological polar surface area (TPSA) is 63.8 Å². The normalized spacial score (nSPS) is 22.5. The van der Waals surface area contributed by atoms with Crippen LogP contribution in [0, 0.1) is 18.8 Å². The maximum Gasteiger partial charge on any atom is 0.223 e. The molecule has 2 atom stereocenters. The molecule has 0 spiro atoms. The summed E-state index contributed by atoms with van der Waals surface area (Å²) in [5, 5.41) is 3.31. The molecule has 1 aliphatic rings. The molecule has 1 aliphatic carbocycles. The molecule has 0 aliphatic heterocycles. The smallest absolute Gasteiger partial charge is 0.223 e. The molecule has 5 heteroatoms. The average Bonchev–Trinajstić information content (AvgIpc) is 2.38. The summed E-state index contributed by atoms with van der Waals surface area (Å²) in [4.78, 5) is 9.04. The van der Waals surface area contributed by atoms with Crippen molar-refractivity contribution in [2.45, 2.75) is 46.0 Å². The van der Waals surface area contributed by atoms with Crippen molar-refractivity contribution in [3.63, 3.8) is 0 Å². The molecule has 1 aromatic heterocycles. The highest BCUT2D eigenvalue weighted by Gasteiger charge is 2.18. The van der Waals surface area contributed by atoms with E-state index in [4.69, 9.17) is 18.0 Å². The largest absolute Gasteiger partial charge is 0.388 e. The third-order valence-corrected chi connectivity index (χ3v) is 4.20. The van der Waals surface area contributed by atoms with Crippen LogP contribution in [0.15, 0.2) is 6.07 Å². The molecule has 1 saturated carbocycles. The molecular weight excluding hydrogens is 268 g/mol. The number of hydrogen-bond donors (Lipinski definition) is 2. The van der Waals surface area contributed by atoms with E-state index in [0.717, 1.165) is 24.1 Å². The van der Waals surface area contributed by atoms with Gasteiger partial charge in [0.05, 0.1) is 0 Å². The lowest BCUT2D eigenvalue weighted by atomic mass is 9.81. The van der Waals surface area contributed by atoms with Crippen molar-refractivity contribution in [1.29, 1.82) is 0 Å². The van der Waals surface area contributed by atoms with Crippen LogP contribution in [0.5, 0.6) is 0 Å². The zero-order chi connectivity index (χ0) is 14.5. The van der Waals surface area contributed by atoms with Gasteiger partial charge in [0.1, 0.15) is 10.7 Å². The Balaban J connectivity index is 1.86. The third-order valence-electron chi connectivity index (χ3n) is 3.99. The number of nitrogens with two attached hydrogens (primary N) is 1. The molecule has 1 fully saturated rings. The van der Waals surface area contributed by atoms with Gasteiger partial charge in [-0.25, -0.2) is 9.97 Å². The Kier molecular flexibility index (Phi) is 5.29. The van der Waals surface area contributed by atoms with Gasteiger partial charge >= 0.3 is 0 Å². The third kappa shape index (κ3) is 4.40. The summed E-state index contributed by atoms with van der Waals surface area (Å²) in [5.74, 6) is 2.35. The fraction of sp³-hybridized carbons (Fsp3) is 0.667. The van der Waals surface area contributed by atoms with E-state index in [0.29, 0.717) is 16.6 Å². The fourth-order valence-corrected chi connectivity index (χ4v) is 3.09. The van der Waals surface area contributed by atoms with Crippen LogP contribution in [0.3, 0.4) is 0 Å². The molecule has 1 heterocycles. The first-order valence-corrected chi connectivity index (χ1v) is 7.84. The van der Waals surface area contributed by atoms with Crippen LogP contribution in [0.1, 0.15) is 50.4 Å². The first-order chi connectivity index (χ1) is 9.54. The zero-order valence-electron chi connectivity index (χ0n) is 12.4. The quantitative estimate of drug-likeness (QED) is 0.817. The summed E-state index contributed by atoms with van der Waals surface area (Å²) in [6.45, 7) is 5.20. The summed E-state index contributed by atoms with van der Waals surface area (Å²) < 4.78 is 0. The Morgan fingerprint density at radius 1 is 1.45 bits per heavy atom. The monoisotopic (exact) mass is 292 g/mol. The van der Waals surface area contributed by atoms with Crippen LogP contribution in [0.4, 0.5) is 5.95 Å². The van der Waals surface area contributed by atoms with Gasteiger partial charge < -0.3 is 11.1 Å². The number of hydrogen-bond acceptors (Lipinski definition) is 4. The first kappa shape index (κ1) is 15.2. The second-order valence-corrected chi connectivity index (χ2v) is 6.38. The van der Waals surface area contributed by atoms with E-state index in [-0.39, 0.29) is 0 Å². The predicted molar refractivity (Wildman–Crippen MR) is 86.9 cm³/mol. The van der Waals surface area contributed by atoms with E-state index < -0.39 is 0 Å². The number of aryl methyl sites for hydroxylation is 1. The second kappa shape index (κ2) is 6.97. The summed E-state index contributed by atoms with van der Waals surface area (Å²) in [6, 6.07) is 1.82. The molecule has 0 saturated heterocycles. The predicted octanol–water partition coefficient (Wildman–Crippen LogP) is 3.05. The van der Waals surface area contributed by atoms with Crippen LogP contribution in [-0.4, -0.2) is 21.5 Å². The summed E-state index contributed by atoms with van der Waals surface area (Å²) in [6.07, 6.45) is 6.66. The molecular formula is C15H24N4S. The Labute approximate surface area is 126 Å². The Bertz CT molecular complexity index is 475. The van der Waals surface area contributed by atoms with Crippen LogP contribution in [-0.2, 0) is 0 Å². The minimum absolute atomic E-state index is 0.319. The highest BCUT2D eigenvalue weighted by molar-refractivity contribution is 7.80. The molecule has 0 radical (unpaired) electrons. The van der Waals surface area contributed by atoms with Crippen LogP contribution in [0.25, 0.3) is 0 Å².